The Kier molecular flexibility index (Phi) is 4.52. The number of urea groups is 1. The highest BCUT2D eigenvalue weighted by Gasteiger charge is 2.59. The molecule has 4 rings (SSSR count). The van der Waals surface area contributed by atoms with Gasteiger partial charge in [0.15, 0.2) is 0 Å². The van der Waals surface area contributed by atoms with Gasteiger partial charge >= 0.3 is 6.03 Å². The molecule has 1 aliphatic carbocycles. The zero-order valence-electron chi connectivity index (χ0n) is 15.9. The average Bonchev–Trinajstić information content (AvgIpc) is 3.11. The van der Waals surface area contributed by atoms with Gasteiger partial charge in [-0.15, -0.1) is 0 Å². The lowest BCUT2D eigenvalue weighted by Crippen LogP contribution is -2.67. The Bertz CT molecular complexity index is 818. The summed E-state index contributed by atoms with van der Waals surface area (Å²) in [5.74, 6) is 1.62. The third kappa shape index (κ3) is 3.49. The van der Waals surface area contributed by atoms with Gasteiger partial charge in [0.1, 0.15) is 5.75 Å². The van der Waals surface area contributed by atoms with Crippen molar-refractivity contribution in [1.82, 2.24) is 10.3 Å². The number of anilines is 1. The van der Waals surface area contributed by atoms with Gasteiger partial charge in [-0.05, 0) is 31.5 Å². The van der Waals surface area contributed by atoms with Crippen LogP contribution in [0.1, 0.15) is 25.8 Å². The topological polar surface area (TPSA) is 72.5 Å². The van der Waals surface area contributed by atoms with Crippen LogP contribution in [0.15, 0.2) is 42.6 Å². The van der Waals surface area contributed by atoms with E-state index in [0.717, 1.165) is 18.8 Å². The molecule has 1 aliphatic heterocycles. The monoisotopic (exact) mass is 367 g/mol. The van der Waals surface area contributed by atoms with Crippen LogP contribution in [0.4, 0.5) is 10.5 Å². The number of rotatable bonds is 4. The van der Waals surface area contributed by atoms with E-state index < -0.39 is 0 Å². The fourth-order valence-corrected chi connectivity index (χ4v) is 4.17. The van der Waals surface area contributed by atoms with E-state index in [2.05, 4.69) is 29.5 Å². The fraction of sp³-hybridized carbons (Fsp3) is 0.429. The predicted molar refractivity (Wildman–Crippen MR) is 103 cm³/mol. The van der Waals surface area contributed by atoms with Crippen LogP contribution < -0.4 is 15.4 Å². The summed E-state index contributed by atoms with van der Waals surface area (Å²) < 4.78 is 11.5. The molecule has 2 fully saturated rings. The molecule has 0 unspecified atom stereocenters. The molecule has 0 radical (unpaired) electrons. The van der Waals surface area contributed by atoms with Crippen molar-refractivity contribution in [1.29, 1.82) is 0 Å². The first kappa shape index (κ1) is 17.8. The Labute approximate surface area is 159 Å². The van der Waals surface area contributed by atoms with Crippen LogP contribution in [0.3, 0.4) is 0 Å². The van der Waals surface area contributed by atoms with Crippen molar-refractivity contribution in [3.8, 4) is 11.6 Å². The lowest BCUT2D eigenvalue weighted by atomic mass is 9.57. The van der Waals surface area contributed by atoms with Gasteiger partial charge in [-0.25, -0.2) is 9.78 Å². The molecule has 2 aliphatic rings. The molecule has 2 aromatic rings. The van der Waals surface area contributed by atoms with Gasteiger partial charge in [0.25, 0.3) is 0 Å². The van der Waals surface area contributed by atoms with E-state index in [-0.39, 0.29) is 23.6 Å². The second-order valence-corrected chi connectivity index (χ2v) is 7.94. The molecule has 0 bridgehead atoms. The molecule has 1 aromatic heterocycles. The van der Waals surface area contributed by atoms with Crippen molar-refractivity contribution in [2.75, 3.05) is 11.9 Å². The van der Waals surface area contributed by atoms with Gasteiger partial charge in [0, 0.05) is 30.0 Å². The number of nitrogens with one attached hydrogen (secondary N) is 2. The SMILES string of the molecule is Cc1ccc(Oc2ccc(NC(=O)N[C@@H]3[C@@H]4CCO[C@@H]4C3(C)C)cn2)cc1. The number of carbonyl (C=O) groups excluding carboxylic acids is 1. The second kappa shape index (κ2) is 6.85. The van der Waals surface area contributed by atoms with Gasteiger partial charge < -0.3 is 20.1 Å². The van der Waals surface area contributed by atoms with E-state index >= 15 is 0 Å². The number of nitrogens with zero attached hydrogens (tertiary/aromatic N) is 1. The lowest BCUT2D eigenvalue weighted by molar-refractivity contribution is -0.107. The third-order valence-electron chi connectivity index (χ3n) is 5.62. The molecule has 2 amide bonds. The zero-order chi connectivity index (χ0) is 19.0. The van der Waals surface area contributed by atoms with Crippen LogP contribution in [-0.2, 0) is 4.74 Å². The lowest BCUT2D eigenvalue weighted by Gasteiger charge is -2.54. The molecule has 1 saturated carbocycles. The maximum absolute atomic E-state index is 12.4. The Hall–Kier alpha value is -2.60. The standard InChI is InChI=1S/C21H25N3O3/c1-13-4-7-15(8-5-13)27-17-9-6-14(12-22-17)23-20(25)24-18-16-10-11-26-19(16)21(18,2)3/h4-9,12,16,18-19H,10-11H2,1-3H3,(H2,23,24,25)/t16-,18+,19-/m0/s1. The van der Waals surface area contributed by atoms with E-state index in [4.69, 9.17) is 9.47 Å². The van der Waals surface area contributed by atoms with Crippen LogP contribution in [-0.4, -0.2) is 29.8 Å². The highest BCUT2D eigenvalue weighted by molar-refractivity contribution is 5.89. The van der Waals surface area contributed by atoms with Crippen LogP contribution in [0.25, 0.3) is 0 Å². The summed E-state index contributed by atoms with van der Waals surface area (Å²) in [6.07, 6.45) is 2.85. The molecular weight excluding hydrogens is 342 g/mol. The van der Waals surface area contributed by atoms with Crippen LogP contribution in [0.5, 0.6) is 11.6 Å². The van der Waals surface area contributed by atoms with Gasteiger partial charge in [-0.1, -0.05) is 31.5 Å². The summed E-state index contributed by atoms with van der Waals surface area (Å²) >= 11 is 0. The first-order valence-electron chi connectivity index (χ1n) is 9.33. The number of benzene rings is 1. The largest absolute Gasteiger partial charge is 0.439 e. The molecule has 6 nitrogen and oxygen atoms in total. The van der Waals surface area contributed by atoms with Crippen molar-refractivity contribution in [2.24, 2.45) is 11.3 Å². The number of pyridine rings is 1. The van der Waals surface area contributed by atoms with Crippen molar-refractivity contribution < 1.29 is 14.3 Å². The Morgan fingerprint density at radius 1 is 1.22 bits per heavy atom. The van der Waals surface area contributed by atoms with E-state index in [0.29, 0.717) is 17.5 Å². The minimum absolute atomic E-state index is 0.0392. The van der Waals surface area contributed by atoms with Crippen LogP contribution in [0, 0.1) is 18.3 Å². The molecule has 1 saturated heterocycles. The van der Waals surface area contributed by atoms with E-state index in [1.807, 2.05) is 31.2 Å². The number of fused-ring (bicyclic) bond motifs is 1. The zero-order valence-corrected chi connectivity index (χ0v) is 15.9. The van der Waals surface area contributed by atoms with Gasteiger partial charge in [0.05, 0.1) is 18.0 Å². The second-order valence-electron chi connectivity index (χ2n) is 7.94. The summed E-state index contributed by atoms with van der Waals surface area (Å²) in [6.45, 7) is 7.09. The van der Waals surface area contributed by atoms with E-state index in [9.17, 15) is 4.79 Å². The summed E-state index contributed by atoms with van der Waals surface area (Å²) in [7, 11) is 0. The Morgan fingerprint density at radius 3 is 2.70 bits per heavy atom. The molecule has 2 heterocycles. The highest BCUT2D eigenvalue weighted by Crippen LogP contribution is 2.52. The third-order valence-corrected chi connectivity index (χ3v) is 5.62. The molecule has 27 heavy (non-hydrogen) atoms. The number of aromatic nitrogens is 1. The maximum Gasteiger partial charge on any atom is 0.319 e. The summed E-state index contributed by atoms with van der Waals surface area (Å²) in [6, 6.07) is 11.2. The van der Waals surface area contributed by atoms with E-state index in [1.165, 1.54) is 5.56 Å². The minimum Gasteiger partial charge on any atom is -0.439 e. The predicted octanol–water partition coefficient (Wildman–Crippen LogP) is 4.12. The molecule has 0 spiro atoms. The number of hydrogen-bond donors (Lipinski definition) is 2. The quantitative estimate of drug-likeness (QED) is 0.853. The average molecular weight is 367 g/mol. The summed E-state index contributed by atoms with van der Waals surface area (Å²) in [5, 5.41) is 5.95. The molecule has 6 heteroatoms. The highest BCUT2D eigenvalue weighted by atomic mass is 16.5. The minimum atomic E-state index is -0.215. The van der Waals surface area contributed by atoms with Gasteiger partial charge in [-0.3, -0.25) is 0 Å². The maximum atomic E-state index is 12.4. The van der Waals surface area contributed by atoms with Crippen LogP contribution >= 0.6 is 0 Å². The molecule has 142 valence electrons. The first-order valence-corrected chi connectivity index (χ1v) is 9.33. The van der Waals surface area contributed by atoms with Crippen molar-refractivity contribution >= 4 is 11.7 Å². The van der Waals surface area contributed by atoms with E-state index in [1.54, 1.807) is 18.3 Å². The van der Waals surface area contributed by atoms with Gasteiger partial charge in [-0.2, -0.15) is 0 Å². The normalized spacial score (nSPS) is 25.2. The smallest absolute Gasteiger partial charge is 0.319 e. The summed E-state index contributed by atoms with van der Waals surface area (Å²) in [4.78, 5) is 16.6. The number of ether oxygens (including phenoxy) is 2. The number of amides is 2. The van der Waals surface area contributed by atoms with Crippen molar-refractivity contribution in [2.45, 2.75) is 39.3 Å². The fourth-order valence-electron chi connectivity index (χ4n) is 4.17. The van der Waals surface area contributed by atoms with Crippen LogP contribution in [0.2, 0.25) is 0 Å². The number of carbonyl (C=O) groups is 1. The number of aryl methyl sites for hydroxylation is 1. The molecule has 2 N–H and O–H groups in total. The first-order chi connectivity index (χ1) is 12.9. The van der Waals surface area contributed by atoms with Crippen molar-refractivity contribution in [3.05, 3.63) is 48.2 Å². The molecule has 3 atom stereocenters. The molecular formula is C21H25N3O3. The molecule has 1 aromatic carbocycles. The van der Waals surface area contributed by atoms with Crippen molar-refractivity contribution in [3.63, 3.8) is 0 Å². The Balaban J connectivity index is 1.33. The number of hydrogen-bond acceptors (Lipinski definition) is 4. The summed E-state index contributed by atoms with van der Waals surface area (Å²) in [5.41, 5.74) is 1.76. The van der Waals surface area contributed by atoms with Gasteiger partial charge in [0.2, 0.25) is 5.88 Å². The Morgan fingerprint density at radius 2 is 2.00 bits per heavy atom.